The lowest BCUT2D eigenvalue weighted by atomic mass is 9.84. The van der Waals surface area contributed by atoms with Crippen molar-refractivity contribution >= 4 is 5.96 Å². The lowest BCUT2D eigenvalue weighted by Crippen LogP contribution is -2.52. The van der Waals surface area contributed by atoms with Crippen LogP contribution < -0.4 is 10.6 Å². The molecule has 134 valence electrons. The predicted molar refractivity (Wildman–Crippen MR) is 99.1 cm³/mol. The van der Waals surface area contributed by atoms with Crippen LogP contribution in [0.15, 0.2) is 4.99 Å². The normalized spacial score (nSPS) is 31.1. The van der Waals surface area contributed by atoms with Crippen molar-refractivity contribution in [3.8, 4) is 0 Å². The predicted octanol–water partition coefficient (Wildman–Crippen LogP) is 1.76. The molecule has 0 spiro atoms. The molecule has 5 nitrogen and oxygen atoms in total. The monoisotopic (exact) mass is 323 g/mol. The van der Waals surface area contributed by atoms with Crippen molar-refractivity contribution < 1.29 is 0 Å². The highest BCUT2D eigenvalue weighted by atomic mass is 15.3. The summed E-state index contributed by atoms with van der Waals surface area (Å²) in [5.41, 5.74) is 0. The summed E-state index contributed by atoms with van der Waals surface area (Å²) in [7, 11) is 4.43. The van der Waals surface area contributed by atoms with Crippen LogP contribution in [-0.4, -0.2) is 74.7 Å². The molecule has 3 atom stereocenters. The topological polar surface area (TPSA) is 42.9 Å². The molecule has 0 aromatic carbocycles. The molecule has 0 amide bonds. The lowest BCUT2D eigenvalue weighted by molar-refractivity contribution is 0.119. The van der Waals surface area contributed by atoms with E-state index in [-0.39, 0.29) is 0 Å². The molecule has 1 heterocycles. The molecule has 1 aliphatic carbocycles. The Hall–Kier alpha value is -0.810. The third-order valence-electron chi connectivity index (χ3n) is 5.49. The number of rotatable bonds is 5. The molecule has 2 aliphatic rings. The van der Waals surface area contributed by atoms with E-state index in [9.17, 15) is 0 Å². The highest BCUT2D eigenvalue weighted by molar-refractivity contribution is 5.80. The van der Waals surface area contributed by atoms with Crippen molar-refractivity contribution in [3.05, 3.63) is 0 Å². The molecule has 1 saturated heterocycles. The largest absolute Gasteiger partial charge is 0.357 e. The highest BCUT2D eigenvalue weighted by Gasteiger charge is 2.23. The third-order valence-corrected chi connectivity index (χ3v) is 5.49. The second kappa shape index (κ2) is 9.48. The number of aliphatic imine (C=N–C) groups is 1. The molecule has 1 aliphatic heterocycles. The number of guanidine groups is 1. The van der Waals surface area contributed by atoms with Crippen molar-refractivity contribution in [2.24, 2.45) is 10.9 Å². The Labute approximate surface area is 142 Å². The smallest absolute Gasteiger partial charge is 0.191 e. The first-order chi connectivity index (χ1) is 11.1. The molecule has 0 radical (unpaired) electrons. The first kappa shape index (κ1) is 18.5. The SMILES string of the molecule is CCNC(=NCC1CN(C)CCN1C)NC1CCCC(CC)C1. The first-order valence-corrected chi connectivity index (χ1v) is 9.56. The first-order valence-electron chi connectivity index (χ1n) is 9.56. The summed E-state index contributed by atoms with van der Waals surface area (Å²) in [6.07, 6.45) is 6.65. The van der Waals surface area contributed by atoms with Gasteiger partial charge in [-0.05, 0) is 39.8 Å². The van der Waals surface area contributed by atoms with E-state index >= 15 is 0 Å². The molecular weight excluding hydrogens is 286 g/mol. The molecule has 0 aromatic rings. The molecule has 3 unspecified atom stereocenters. The van der Waals surface area contributed by atoms with Gasteiger partial charge in [0.15, 0.2) is 5.96 Å². The Morgan fingerprint density at radius 2 is 2.00 bits per heavy atom. The summed E-state index contributed by atoms with van der Waals surface area (Å²) >= 11 is 0. The Kier molecular flexibility index (Phi) is 7.63. The average molecular weight is 324 g/mol. The number of nitrogens with one attached hydrogen (secondary N) is 2. The van der Waals surface area contributed by atoms with Gasteiger partial charge in [-0.25, -0.2) is 0 Å². The van der Waals surface area contributed by atoms with Crippen LogP contribution in [0.25, 0.3) is 0 Å². The minimum absolute atomic E-state index is 0.527. The van der Waals surface area contributed by atoms with Crippen LogP contribution in [0.5, 0.6) is 0 Å². The standard InChI is InChI=1S/C18H37N5/c1-5-15-8-7-9-16(12-15)21-18(19-6-2)20-13-17-14-22(3)10-11-23(17)4/h15-17H,5-14H2,1-4H3,(H2,19,20,21). The van der Waals surface area contributed by atoms with Crippen molar-refractivity contribution in [1.82, 2.24) is 20.4 Å². The van der Waals surface area contributed by atoms with Gasteiger partial charge >= 0.3 is 0 Å². The van der Waals surface area contributed by atoms with Gasteiger partial charge in [-0.3, -0.25) is 9.89 Å². The van der Waals surface area contributed by atoms with Crippen molar-refractivity contribution in [2.45, 2.75) is 58.0 Å². The summed E-state index contributed by atoms with van der Waals surface area (Å²) in [5, 5.41) is 7.13. The number of hydrogen-bond donors (Lipinski definition) is 2. The quantitative estimate of drug-likeness (QED) is 0.598. The van der Waals surface area contributed by atoms with Crippen LogP contribution in [0.3, 0.4) is 0 Å². The fraction of sp³-hybridized carbons (Fsp3) is 0.944. The van der Waals surface area contributed by atoms with Gasteiger partial charge in [0.25, 0.3) is 0 Å². The number of hydrogen-bond acceptors (Lipinski definition) is 3. The van der Waals surface area contributed by atoms with Crippen LogP contribution >= 0.6 is 0 Å². The molecule has 2 N–H and O–H groups in total. The van der Waals surface area contributed by atoms with E-state index in [1.807, 2.05) is 0 Å². The summed E-state index contributed by atoms with van der Waals surface area (Å²) in [5.74, 6) is 1.90. The van der Waals surface area contributed by atoms with Gasteiger partial charge in [-0.15, -0.1) is 0 Å². The van der Waals surface area contributed by atoms with E-state index in [0.717, 1.165) is 44.6 Å². The minimum atomic E-state index is 0.527. The van der Waals surface area contributed by atoms with Crippen molar-refractivity contribution in [3.63, 3.8) is 0 Å². The van der Waals surface area contributed by atoms with Crippen LogP contribution in [-0.2, 0) is 0 Å². The molecule has 23 heavy (non-hydrogen) atoms. The maximum Gasteiger partial charge on any atom is 0.191 e. The summed E-state index contributed by atoms with van der Waals surface area (Å²) in [6, 6.07) is 1.12. The second-order valence-corrected chi connectivity index (χ2v) is 7.40. The second-order valence-electron chi connectivity index (χ2n) is 7.40. The van der Waals surface area contributed by atoms with Gasteiger partial charge in [-0.2, -0.15) is 0 Å². The fourth-order valence-electron chi connectivity index (χ4n) is 3.80. The number of likely N-dealkylation sites (N-methyl/N-ethyl adjacent to an activating group) is 2. The molecule has 0 aromatic heterocycles. The van der Waals surface area contributed by atoms with Gasteiger partial charge in [0.05, 0.1) is 6.54 Å². The summed E-state index contributed by atoms with van der Waals surface area (Å²) in [6.45, 7) is 9.68. The van der Waals surface area contributed by atoms with Crippen molar-refractivity contribution in [2.75, 3.05) is 46.8 Å². The van der Waals surface area contributed by atoms with Crippen LogP contribution in [0.1, 0.15) is 46.0 Å². The highest BCUT2D eigenvalue weighted by Crippen LogP contribution is 2.26. The number of nitrogens with zero attached hydrogens (tertiary/aromatic N) is 3. The van der Waals surface area contributed by atoms with Crippen LogP contribution in [0, 0.1) is 5.92 Å². The molecule has 2 rings (SSSR count). The maximum absolute atomic E-state index is 4.89. The Morgan fingerprint density at radius 3 is 2.74 bits per heavy atom. The zero-order valence-corrected chi connectivity index (χ0v) is 15.6. The third kappa shape index (κ3) is 5.96. The van der Waals surface area contributed by atoms with E-state index in [2.05, 4.69) is 48.4 Å². The van der Waals surface area contributed by atoms with Gasteiger partial charge < -0.3 is 15.5 Å². The fourth-order valence-corrected chi connectivity index (χ4v) is 3.80. The van der Waals surface area contributed by atoms with Crippen LogP contribution in [0.2, 0.25) is 0 Å². The summed E-state index contributed by atoms with van der Waals surface area (Å²) < 4.78 is 0. The van der Waals surface area contributed by atoms with E-state index in [1.165, 1.54) is 32.1 Å². The van der Waals surface area contributed by atoms with Gasteiger partial charge in [0.1, 0.15) is 0 Å². The van der Waals surface area contributed by atoms with Gasteiger partial charge in [-0.1, -0.05) is 26.2 Å². The zero-order valence-electron chi connectivity index (χ0n) is 15.6. The maximum atomic E-state index is 4.89. The van der Waals surface area contributed by atoms with E-state index in [0.29, 0.717) is 12.1 Å². The minimum Gasteiger partial charge on any atom is -0.357 e. The lowest BCUT2D eigenvalue weighted by Gasteiger charge is -2.37. The summed E-state index contributed by atoms with van der Waals surface area (Å²) in [4.78, 5) is 9.75. The molecule has 5 heteroatoms. The van der Waals surface area contributed by atoms with Crippen LogP contribution in [0.4, 0.5) is 0 Å². The Bertz CT molecular complexity index is 370. The van der Waals surface area contributed by atoms with E-state index in [1.54, 1.807) is 0 Å². The van der Waals surface area contributed by atoms with Crippen molar-refractivity contribution in [1.29, 1.82) is 0 Å². The molecular formula is C18H37N5. The Morgan fingerprint density at radius 1 is 1.17 bits per heavy atom. The Balaban J connectivity index is 1.88. The molecule has 1 saturated carbocycles. The molecule has 2 fully saturated rings. The average Bonchev–Trinajstić information content (AvgIpc) is 2.56. The van der Waals surface area contributed by atoms with Gasteiger partial charge in [0.2, 0.25) is 0 Å². The molecule has 0 bridgehead atoms. The zero-order chi connectivity index (χ0) is 16.7. The number of piperazine rings is 1. The van der Waals surface area contributed by atoms with Gasteiger partial charge in [0, 0.05) is 38.3 Å². The van der Waals surface area contributed by atoms with E-state index in [4.69, 9.17) is 4.99 Å². The van der Waals surface area contributed by atoms with E-state index < -0.39 is 0 Å².